The van der Waals surface area contributed by atoms with Crippen LogP contribution in [-0.4, -0.2) is 35.9 Å². The summed E-state index contributed by atoms with van der Waals surface area (Å²) in [5.41, 5.74) is 1.60. The lowest BCUT2D eigenvalue weighted by molar-refractivity contribution is 0.475. The molecule has 2 aromatic heterocycles. The molecule has 8 heteroatoms. The Bertz CT molecular complexity index is 1160. The maximum Gasteiger partial charge on any atom is 0.164 e. The average molecular weight is 376 g/mol. The first-order valence-electron chi connectivity index (χ1n) is 9.05. The number of aromatic nitrogens is 5. The van der Waals surface area contributed by atoms with Gasteiger partial charge in [0.15, 0.2) is 5.82 Å². The predicted octanol–water partition coefficient (Wildman–Crippen LogP) is 3.16. The minimum absolute atomic E-state index is 0.114. The quantitative estimate of drug-likeness (QED) is 0.571. The summed E-state index contributed by atoms with van der Waals surface area (Å²) in [5.74, 6) is 2.23. The number of halogens is 1. The van der Waals surface area contributed by atoms with Crippen molar-refractivity contribution in [2.75, 3.05) is 5.32 Å². The lowest BCUT2D eigenvalue weighted by Gasteiger charge is -2.26. The van der Waals surface area contributed by atoms with Crippen molar-refractivity contribution in [1.82, 2.24) is 24.7 Å². The zero-order valence-electron chi connectivity index (χ0n) is 14.9. The highest BCUT2D eigenvalue weighted by molar-refractivity contribution is 5.89. The van der Waals surface area contributed by atoms with Crippen LogP contribution in [0.5, 0.6) is 5.75 Å². The molecule has 140 valence electrons. The molecule has 0 amide bonds. The van der Waals surface area contributed by atoms with E-state index in [0.717, 1.165) is 41.0 Å². The van der Waals surface area contributed by atoms with Crippen LogP contribution in [0.3, 0.4) is 0 Å². The molecule has 1 unspecified atom stereocenters. The fourth-order valence-electron chi connectivity index (χ4n) is 3.61. The van der Waals surface area contributed by atoms with E-state index in [-0.39, 0.29) is 17.6 Å². The van der Waals surface area contributed by atoms with Gasteiger partial charge in [0.1, 0.15) is 29.5 Å². The second-order valence-corrected chi connectivity index (χ2v) is 6.86. The molecule has 0 saturated carbocycles. The number of hydrogen-bond acceptors (Lipinski definition) is 6. The molecular weight excluding hydrogens is 359 g/mol. The lowest BCUT2D eigenvalue weighted by atomic mass is 10.1. The van der Waals surface area contributed by atoms with Gasteiger partial charge in [-0.15, -0.1) is 10.2 Å². The summed E-state index contributed by atoms with van der Waals surface area (Å²) in [5, 5.41) is 22.7. The Kier molecular flexibility index (Phi) is 3.89. The van der Waals surface area contributed by atoms with Gasteiger partial charge >= 0.3 is 0 Å². The number of anilines is 1. The molecule has 0 bridgehead atoms. The normalized spacial score (nSPS) is 16.1. The molecule has 2 N–H and O–H groups in total. The monoisotopic (exact) mass is 376 g/mol. The molecular formula is C20H17FN6O. The summed E-state index contributed by atoms with van der Waals surface area (Å²) in [6.45, 7) is 0.666. The number of benzene rings is 2. The van der Waals surface area contributed by atoms with E-state index in [9.17, 15) is 9.50 Å². The Morgan fingerprint density at radius 2 is 1.93 bits per heavy atom. The molecule has 28 heavy (non-hydrogen) atoms. The Balaban J connectivity index is 1.44. The van der Waals surface area contributed by atoms with Gasteiger partial charge in [-0.2, -0.15) is 0 Å². The van der Waals surface area contributed by atoms with Gasteiger partial charge in [-0.25, -0.2) is 14.4 Å². The third-order valence-corrected chi connectivity index (χ3v) is 5.01. The highest BCUT2D eigenvalue weighted by Crippen LogP contribution is 2.27. The van der Waals surface area contributed by atoms with E-state index >= 15 is 0 Å². The summed E-state index contributed by atoms with van der Waals surface area (Å²) in [6, 6.07) is 11.4. The zero-order chi connectivity index (χ0) is 19.1. The van der Waals surface area contributed by atoms with Crippen LogP contribution in [0.15, 0.2) is 48.8 Å². The molecule has 1 aliphatic heterocycles. The maximum absolute atomic E-state index is 13.2. The molecule has 5 rings (SSSR count). The number of phenolic OH excluding ortho intramolecular Hbond substituents is 1. The average Bonchev–Trinajstić information content (AvgIpc) is 3.12. The van der Waals surface area contributed by atoms with Crippen molar-refractivity contribution in [3.63, 3.8) is 0 Å². The standard InChI is InChI=1S/C20H17FN6O/c21-13-3-1-12(2-4-13)20-26-25-18-8-5-14(10-27(18)20)24-19-16-9-15(28)6-7-17(16)22-11-23-19/h1-4,6-7,9,11,14,28H,5,8,10H2,(H,22,23,24). The summed E-state index contributed by atoms with van der Waals surface area (Å²) < 4.78 is 15.3. The number of phenols is 1. The Hall–Kier alpha value is -3.55. The predicted molar refractivity (Wildman–Crippen MR) is 102 cm³/mol. The van der Waals surface area contributed by atoms with Crippen LogP contribution >= 0.6 is 0 Å². The van der Waals surface area contributed by atoms with Crippen molar-refractivity contribution >= 4 is 16.7 Å². The summed E-state index contributed by atoms with van der Waals surface area (Å²) in [4.78, 5) is 8.61. The van der Waals surface area contributed by atoms with Crippen molar-refractivity contribution in [3.8, 4) is 17.1 Å². The fraction of sp³-hybridized carbons (Fsp3) is 0.200. The van der Waals surface area contributed by atoms with E-state index in [2.05, 4.69) is 30.0 Å². The minimum atomic E-state index is -0.277. The van der Waals surface area contributed by atoms with Gasteiger partial charge in [0.25, 0.3) is 0 Å². The molecule has 0 fully saturated rings. The highest BCUT2D eigenvalue weighted by atomic mass is 19.1. The van der Waals surface area contributed by atoms with E-state index in [0.29, 0.717) is 12.4 Å². The highest BCUT2D eigenvalue weighted by Gasteiger charge is 2.24. The van der Waals surface area contributed by atoms with Gasteiger partial charge < -0.3 is 15.0 Å². The van der Waals surface area contributed by atoms with Crippen LogP contribution in [-0.2, 0) is 13.0 Å². The molecule has 3 heterocycles. The van der Waals surface area contributed by atoms with Crippen LogP contribution in [0.4, 0.5) is 10.2 Å². The SMILES string of the molecule is Oc1ccc2ncnc(NC3CCc4nnc(-c5ccc(F)cc5)n4C3)c2c1. The summed E-state index contributed by atoms with van der Waals surface area (Å²) >= 11 is 0. The van der Waals surface area contributed by atoms with Gasteiger partial charge in [-0.1, -0.05) is 0 Å². The number of aryl methyl sites for hydroxylation is 1. The number of fused-ring (bicyclic) bond motifs is 2. The minimum Gasteiger partial charge on any atom is -0.508 e. The number of nitrogens with one attached hydrogen (secondary N) is 1. The maximum atomic E-state index is 13.2. The van der Waals surface area contributed by atoms with Crippen molar-refractivity contribution in [2.45, 2.75) is 25.4 Å². The number of nitrogens with zero attached hydrogens (tertiary/aromatic N) is 5. The number of aromatic hydroxyl groups is 1. The fourth-order valence-corrected chi connectivity index (χ4v) is 3.61. The zero-order valence-corrected chi connectivity index (χ0v) is 14.9. The second-order valence-electron chi connectivity index (χ2n) is 6.86. The van der Waals surface area contributed by atoms with Crippen LogP contribution in [0.2, 0.25) is 0 Å². The van der Waals surface area contributed by atoms with Crippen molar-refractivity contribution in [1.29, 1.82) is 0 Å². The van der Waals surface area contributed by atoms with Crippen LogP contribution in [0.25, 0.3) is 22.3 Å². The lowest BCUT2D eigenvalue weighted by Crippen LogP contribution is -2.32. The van der Waals surface area contributed by atoms with Gasteiger partial charge in [0.05, 0.1) is 5.52 Å². The molecule has 0 spiro atoms. The smallest absolute Gasteiger partial charge is 0.164 e. The van der Waals surface area contributed by atoms with Crippen molar-refractivity contribution < 1.29 is 9.50 Å². The molecule has 2 aromatic carbocycles. The summed E-state index contributed by atoms with van der Waals surface area (Å²) in [6.07, 6.45) is 3.17. The largest absolute Gasteiger partial charge is 0.508 e. The van der Waals surface area contributed by atoms with E-state index < -0.39 is 0 Å². The third kappa shape index (κ3) is 2.92. The van der Waals surface area contributed by atoms with Gasteiger partial charge in [0.2, 0.25) is 0 Å². The molecule has 1 atom stereocenters. The van der Waals surface area contributed by atoms with E-state index in [1.165, 1.54) is 18.5 Å². The summed E-state index contributed by atoms with van der Waals surface area (Å²) in [7, 11) is 0. The third-order valence-electron chi connectivity index (χ3n) is 5.01. The van der Waals surface area contributed by atoms with E-state index in [1.807, 2.05) is 0 Å². The van der Waals surface area contributed by atoms with Crippen LogP contribution in [0.1, 0.15) is 12.2 Å². The first-order valence-corrected chi connectivity index (χ1v) is 9.05. The Morgan fingerprint density at radius 1 is 1.07 bits per heavy atom. The van der Waals surface area contributed by atoms with E-state index in [1.54, 1.807) is 30.3 Å². The molecule has 4 aromatic rings. The first kappa shape index (κ1) is 16.6. The van der Waals surface area contributed by atoms with E-state index in [4.69, 9.17) is 0 Å². The topological polar surface area (TPSA) is 88.8 Å². The second kappa shape index (κ2) is 6.56. The van der Waals surface area contributed by atoms with Crippen LogP contribution < -0.4 is 5.32 Å². The van der Waals surface area contributed by atoms with Gasteiger partial charge in [0, 0.05) is 30.0 Å². The van der Waals surface area contributed by atoms with Gasteiger partial charge in [-0.05, 0) is 48.9 Å². The number of rotatable bonds is 3. The molecule has 1 aliphatic rings. The molecule has 0 saturated heterocycles. The number of hydrogen-bond donors (Lipinski definition) is 2. The Labute approximate surface area is 159 Å². The van der Waals surface area contributed by atoms with Crippen molar-refractivity contribution in [2.24, 2.45) is 0 Å². The van der Waals surface area contributed by atoms with Gasteiger partial charge in [-0.3, -0.25) is 0 Å². The molecule has 0 radical (unpaired) electrons. The Morgan fingerprint density at radius 3 is 2.79 bits per heavy atom. The van der Waals surface area contributed by atoms with Crippen molar-refractivity contribution in [3.05, 3.63) is 60.4 Å². The molecule has 7 nitrogen and oxygen atoms in total. The molecule has 0 aliphatic carbocycles. The first-order chi connectivity index (χ1) is 13.7. The van der Waals surface area contributed by atoms with Crippen LogP contribution in [0, 0.1) is 5.82 Å².